The van der Waals surface area contributed by atoms with Gasteiger partial charge in [-0.05, 0) is 43.7 Å². The molecule has 0 aliphatic rings. The summed E-state index contributed by atoms with van der Waals surface area (Å²) in [5, 5.41) is 10.5. The van der Waals surface area contributed by atoms with E-state index in [4.69, 9.17) is 13.9 Å². The van der Waals surface area contributed by atoms with Crippen molar-refractivity contribution in [2.75, 3.05) is 19.5 Å². The van der Waals surface area contributed by atoms with E-state index in [2.05, 4.69) is 15.5 Å². The average Bonchev–Trinajstić information content (AvgIpc) is 3.18. The molecule has 7 nitrogen and oxygen atoms in total. The maximum atomic E-state index is 12.7. The highest BCUT2D eigenvalue weighted by molar-refractivity contribution is 6.05. The van der Waals surface area contributed by atoms with Crippen LogP contribution in [0.4, 0.5) is 5.69 Å². The van der Waals surface area contributed by atoms with Crippen LogP contribution >= 0.6 is 0 Å². The highest BCUT2D eigenvalue weighted by Crippen LogP contribution is 2.30. The number of benzene rings is 2. The van der Waals surface area contributed by atoms with Crippen LogP contribution < -0.4 is 14.8 Å². The third kappa shape index (κ3) is 3.37. The van der Waals surface area contributed by atoms with Crippen LogP contribution in [0.15, 0.2) is 41.1 Å². The van der Waals surface area contributed by atoms with Gasteiger partial charge in [0.2, 0.25) is 12.3 Å². The summed E-state index contributed by atoms with van der Waals surface area (Å²) >= 11 is 0. The Hall–Kier alpha value is -3.35. The van der Waals surface area contributed by atoms with Crippen LogP contribution in [0, 0.1) is 13.8 Å². The minimum absolute atomic E-state index is 0.271. The first-order valence-electron chi connectivity index (χ1n) is 7.94. The van der Waals surface area contributed by atoms with E-state index in [0.29, 0.717) is 28.6 Å². The quantitative estimate of drug-likeness (QED) is 0.754. The highest BCUT2D eigenvalue weighted by Gasteiger charge is 2.15. The normalized spacial score (nSPS) is 10.5. The van der Waals surface area contributed by atoms with Gasteiger partial charge < -0.3 is 19.2 Å². The molecule has 0 spiro atoms. The molecule has 2 aromatic carbocycles. The lowest BCUT2D eigenvalue weighted by molar-refractivity contribution is 0.102. The van der Waals surface area contributed by atoms with E-state index in [0.717, 1.165) is 16.7 Å². The second-order valence-electron chi connectivity index (χ2n) is 5.73. The molecule has 0 radical (unpaired) electrons. The van der Waals surface area contributed by atoms with E-state index in [1.165, 1.54) is 6.39 Å². The van der Waals surface area contributed by atoms with E-state index >= 15 is 0 Å². The molecule has 0 aliphatic carbocycles. The van der Waals surface area contributed by atoms with Crippen molar-refractivity contribution in [3.8, 4) is 23.0 Å². The number of hydrogen-bond acceptors (Lipinski definition) is 6. The zero-order chi connectivity index (χ0) is 18.7. The molecule has 7 heteroatoms. The van der Waals surface area contributed by atoms with Crippen LogP contribution in [0.2, 0.25) is 0 Å². The van der Waals surface area contributed by atoms with E-state index in [1.807, 2.05) is 26.0 Å². The molecule has 1 amide bonds. The summed E-state index contributed by atoms with van der Waals surface area (Å²) in [7, 11) is 3.11. The number of hydrogen-bond donors (Lipinski definition) is 1. The van der Waals surface area contributed by atoms with Gasteiger partial charge in [-0.25, -0.2) is 0 Å². The number of anilines is 1. The molecule has 0 bridgehead atoms. The van der Waals surface area contributed by atoms with E-state index in [9.17, 15) is 4.79 Å². The van der Waals surface area contributed by atoms with E-state index in [1.54, 1.807) is 32.4 Å². The number of methoxy groups -OCH3 is 2. The van der Waals surface area contributed by atoms with Crippen molar-refractivity contribution in [2.24, 2.45) is 0 Å². The largest absolute Gasteiger partial charge is 0.496 e. The second kappa shape index (κ2) is 7.26. The molecular weight excluding hydrogens is 334 g/mol. The molecule has 134 valence electrons. The fourth-order valence-corrected chi connectivity index (χ4v) is 2.60. The Morgan fingerprint density at radius 1 is 1.08 bits per heavy atom. The molecule has 0 atom stereocenters. The molecule has 0 aliphatic heterocycles. The summed E-state index contributed by atoms with van der Waals surface area (Å²) in [5.41, 5.74) is 3.56. The number of carbonyl (C=O) groups excluding carboxylic acids is 1. The SMILES string of the molecule is COc1cc(C(=O)Nc2cc(-c3nnco3)ccc2C)cc(OC)c1C. The van der Waals surface area contributed by atoms with Gasteiger partial charge in [-0.1, -0.05) is 6.07 Å². The van der Waals surface area contributed by atoms with Crippen molar-refractivity contribution in [1.82, 2.24) is 10.2 Å². The van der Waals surface area contributed by atoms with Crippen LogP contribution in [0.5, 0.6) is 11.5 Å². The van der Waals surface area contributed by atoms with E-state index in [-0.39, 0.29) is 5.91 Å². The van der Waals surface area contributed by atoms with Gasteiger partial charge in [-0.2, -0.15) is 0 Å². The first-order valence-corrected chi connectivity index (χ1v) is 7.94. The summed E-state index contributed by atoms with van der Waals surface area (Å²) in [4.78, 5) is 12.7. The number of rotatable bonds is 5. The molecule has 0 unspecified atom stereocenters. The van der Waals surface area contributed by atoms with Crippen molar-refractivity contribution in [3.63, 3.8) is 0 Å². The van der Waals surface area contributed by atoms with Crippen molar-refractivity contribution < 1.29 is 18.7 Å². The summed E-state index contributed by atoms with van der Waals surface area (Å²) in [6.07, 6.45) is 1.26. The van der Waals surface area contributed by atoms with Crippen LogP contribution in [0.1, 0.15) is 21.5 Å². The van der Waals surface area contributed by atoms with Gasteiger partial charge in [-0.3, -0.25) is 4.79 Å². The van der Waals surface area contributed by atoms with Gasteiger partial charge in [0.15, 0.2) is 0 Å². The molecule has 1 aromatic heterocycles. The Labute approximate surface area is 151 Å². The third-order valence-corrected chi connectivity index (χ3v) is 4.11. The van der Waals surface area contributed by atoms with Gasteiger partial charge in [0.25, 0.3) is 5.91 Å². The molecular formula is C19H19N3O4. The maximum Gasteiger partial charge on any atom is 0.255 e. The fraction of sp³-hybridized carbons (Fsp3) is 0.211. The van der Waals surface area contributed by atoms with Gasteiger partial charge >= 0.3 is 0 Å². The predicted molar refractivity (Wildman–Crippen MR) is 96.7 cm³/mol. The first kappa shape index (κ1) is 17.5. The van der Waals surface area contributed by atoms with Gasteiger partial charge in [0.05, 0.1) is 14.2 Å². The Balaban J connectivity index is 1.92. The Morgan fingerprint density at radius 2 is 1.77 bits per heavy atom. The molecule has 1 heterocycles. The van der Waals surface area contributed by atoms with Crippen molar-refractivity contribution in [2.45, 2.75) is 13.8 Å². The Morgan fingerprint density at radius 3 is 2.35 bits per heavy atom. The topological polar surface area (TPSA) is 86.5 Å². The average molecular weight is 353 g/mol. The molecule has 3 rings (SSSR count). The summed E-state index contributed by atoms with van der Waals surface area (Å²) < 4.78 is 15.9. The Kier molecular flexibility index (Phi) is 4.88. The maximum absolute atomic E-state index is 12.7. The van der Waals surface area contributed by atoms with Crippen molar-refractivity contribution in [3.05, 3.63) is 53.4 Å². The number of aromatic nitrogens is 2. The van der Waals surface area contributed by atoms with Crippen LogP contribution in [-0.4, -0.2) is 30.3 Å². The number of carbonyl (C=O) groups is 1. The van der Waals surface area contributed by atoms with Gasteiger partial charge in [-0.15, -0.1) is 10.2 Å². The summed E-state index contributed by atoms with van der Waals surface area (Å²) in [5.74, 6) is 1.29. The molecule has 1 N–H and O–H groups in total. The second-order valence-corrected chi connectivity index (χ2v) is 5.73. The fourth-order valence-electron chi connectivity index (χ4n) is 2.60. The smallest absolute Gasteiger partial charge is 0.255 e. The molecule has 3 aromatic rings. The van der Waals surface area contributed by atoms with Crippen molar-refractivity contribution >= 4 is 11.6 Å². The number of nitrogens with one attached hydrogen (secondary N) is 1. The predicted octanol–water partition coefficient (Wildman–Crippen LogP) is 3.62. The van der Waals surface area contributed by atoms with Crippen LogP contribution in [-0.2, 0) is 0 Å². The monoisotopic (exact) mass is 353 g/mol. The molecule has 26 heavy (non-hydrogen) atoms. The Bertz CT molecular complexity index is 911. The number of ether oxygens (including phenoxy) is 2. The summed E-state index contributed by atoms with van der Waals surface area (Å²) in [6, 6.07) is 8.90. The molecule has 0 fully saturated rings. The lowest BCUT2D eigenvalue weighted by atomic mass is 10.1. The first-order chi connectivity index (χ1) is 12.5. The number of aryl methyl sites for hydroxylation is 1. The standard InChI is InChI=1S/C19H19N3O4/c1-11-5-6-13(19-22-20-10-26-19)7-15(11)21-18(23)14-8-16(24-3)12(2)17(9-14)25-4/h5-10H,1-4H3,(H,21,23). The molecule has 0 saturated heterocycles. The zero-order valence-electron chi connectivity index (χ0n) is 15.0. The van der Waals surface area contributed by atoms with Crippen molar-refractivity contribution in [1.29, 1.82) is 0 Å². The van der Waals surface area contributed by atoms with Gasteiger partial charge in [0.1, 0.15) is 11.5 Å². The lowest BCUT2D eigenvalue weighted by Crippen LogP contribution is -2.13. The lowest BCUT2D eigenvalue weighted by Gasteiger charge is -2.14. The highest BCUT2D eigenvalue weighted by atomic mass is 16.5. The van der Waals surface area contributed by atoms with E-state index < -0.39 is 0 Å². The third-order valence-electron chi connectivity index (χ3n) is 4.11. The number of nitrogens with zero attached hydrogens (tertiary/aromatic N) is 2. The van der Waals surface area contributed by atoms with Gasteiger partial charge in [0, 0.05) is 22.4 Å². The van der Waals surface area contributed by atoms with Crippen LogP contribution in [0.25, 0.3) is 11.5 Å². The minimum atomic E-state index is -0.271. The summed E-state index contributed by atoms with van der Waals surface area (Å²) in [6.45, 7) is 3.78. The minimum Gasteiger partial charge on any atom is -0.496 e. The zero-order valence-corrected chi connectivity index (χ0v) is 15.0. The number of amides is 1. The molecule has 0 saturated carbocycles. The van der Waals surface area contributed by atoms with Crippen LogP contribution in [0.3, 0.4) is 0 Å².